The fourth-order valence-corrected chi connectivity index (χ4v) is 2.21. The number of nitro benzene ring substituents is 1. The highest BCUT2D eigenvalue weighted by molar-refractivity contribution is 6.34. The van der Waals surface area contributed by atoms with Crippen LogP contribution in [-0.2, 0) is 4.74 Å². The number of anilines is 1. The Morgan fingerprint density at radius 1 is 1.08 bits per heavy atom. The maximum Gasteiger partial charge on any atom is 0.337 e. The molecular formula is C15H10Cl2N2O5. The van der Waals surface area contributed by atoms with E-state index in [9.17, 15) is 19.7 Å². The first-order valence-electron chi connectivity index (χ1n) is 6.46. The number of carbonyl (C=O) groups is 2. The van der Waals surface area contributed by atoms with Gasteiger partial charge in [-0.3, -0.25) is 14.9 Å². The van der Waals surface area contributed by atoms with Crippen LogP contribution in [0.1, 0.15) is 20.7 Å². The molecule has 0 bridgehead atoms. The second kappa shape index (κ2) is 7.29. The monoisotopic (exact) mass is 368 g/mol. The van der Waals surface area contributed by atoms with E-state index in [0.717, 1.165) is 6.07 Å². The maximum absolute atomic E-state index is 12.3. The Morgan fingerprint density at radius 2 is 1.71 bits per heavy atom. The van der Waals surface area contributed by atoms with E-state index >= 15 is 0 Å². The highest BCUT2D eigenvalue weighted by Gasteiger charge is 2.17. The molecule has 0 aliphatic heterocycles. The second-order valence-electron chi connectivity index (χ2n) is 4.56. The summed E-state index contributed by atoms with van der Waals surface area (Å²) in [6.07, 6.45) is 0. The Kier molecular flexibility index (Phi) is 5.38. The predicted octanol–water partition coefficient (Wildman–Crippen LogP) is 3.94. The summed E-state index contributed by atoms with van der Waals surface area (Å²) in [5, 5.41) is 13.5. The molecule has 9 heteroatoms. The van der Waals surface area contributed by atoms with Gasteiger partial charge < -0.3 is 10.1 Å². The topological polar surface area (TPSA) is 98.5 Å². The number of nitro groups is 1. The van der Waals surface area contributed by atoms with Gasteiger partial charge in [0.05, 0.1) is 28.3 Å². The summed E-state index contributed by atoms with van der Waals surface area (Å²) in [6.45, 7) is 0. The van der Waals surface area contributed by atoms with E-state index in [4.69, 9.17) is 23.2 Å². The minimum absolute atomic E-state index is 0.0191. The third kappa shape index (κ3) is 3.81. The molecule has 0 unspecified atom stereocenters. The van der Waals surface area contributed by atoms with Gasteiger partial charge in [-0.15, -0.1) is 0 Å². The number of methoxy groups -OCH3 is 1. The van der Waals surface area contributed by atoms with Crippen LogP contribution in [-0.4, -0.2) is 23.9 Å². The van der Waals surface area contributed by atoms with Crippen molar-refractivity contribution in [2.24, 2.45) is 0 Å². The Bertz CT molecular complexity index is 839. The van der Waals surface area contributed by atoms with E-state index < -0.39 is 22.5 Å². The van der Waals surface area contributed by atoms with Crippen molar-refractivity contribution in [3.63, 3.8) is 0 Å². The molecular weight excluding hydrogens is 359 g/mol. The lowest BCUT2D eigenvalue weighted by atomic mass is 10.1. The lowest BCUT2D eigenvalue weighted by Crippen LogP contribution is -2.13. The van der Waals surface area contributed by atoms with Crippen molar-refractivity contribution in [1.29, 1.82) is 0 Å². The third-order valence-electron chi connectivity index (χ3n) is 3.04. The van der Waals surface area contributed by atoms with Crippen LogP contribution in [0.5, 0.6) is 0 Å². The number of esters is 1. The molecule has 7 nitrogen and oxygen atoms in total. The summed E-state index contributed by atoms with van der Waals surface area (Å²) in [7, 11) is 1.22. The lowest BCUT2D eigenvalue weighted by Gasteiger charge is -2.09. The van der Waals surface area contributed by atoms with Gasteiger partial charge in [0, 0.05) is 11.6 Å². The number of rotatable bonds is 4. The van der Waals surface area contributed by atoms with Gasteiger partial charge in [-0.2, -0.15) is 0 Å². The minimum atomic E-state index is -0.691. The normalized spacial score (nSPS) is 10.1. The average molecular weight is 369 g/mol. The SMILES string of the molecule is COC(=O)c1ccc(Cl)c(NC(=O)c2ccc(Cl)c([N+](=O)[O-])c2)c1. The molecule has 0 aromatic heterocycles. The molecule has 124 valence electrons. The highest BCUT2D eigenvalue weighted by atomic mass is 35.5. The van der Waals surface area contributed by atoms with Gasteiger partial charge in [0.2, 0.25) is 0 Å². The molecule has 0 radical (unpaired) electrons. The molecule has 0 aliphatic carbocycles. The zero-order valence-electron chi connectivity index (χ0n) is 12.2. The first-order chi connectivity index (χ1) is 11.3. The van der Waals surface area contributed by atoms with Crippen LogP contribution in [0.2, 0.25) is 10.0 Å². The predicted molar refractivity (Wildman–Crippen MR) is 88.9 cm³/mol. The van der Waals surface area contributed by atoms with E-state index in [1.807, 2.05) is 0 Å². The van der Waals surface area contributed by atoms with E-state index in [2.05, 4.69) is 10.1 Å². The molecule has 1 amide bonds. The molecule has 0 heterocycles. The number of hydrogen-bond acceptors (Lipinski definition) is 5. The van der Waals surface area contributed by atoms with Gasteiger partial charge in [0.15, 0.2) is 0 Å². The van der Waals surface area contributed by atoms with Crippen molar-refractivity contribution in [2.75, 3.05) is 12.4 Å². The van der Waals surface area contributed by atoms with Gasteiger partial charge in [-0.1, -0.05) is 23.2 Å². The van der Waals surface area contributed by atoms with Crippen LogP contribution in [0.4, 0.5) is 11.4 Å². The van der Waals surface area contributed by atoms with Crippen LogP contribution in [0.3, 0.4) is 0 Å². The number of nitrogens with zero attached hydrogens (tertiary/aromatic N) is 1. The Labute approximate surface area is 146 Å². The van der Waals surface area contributed by atoms with E-state index in [1.54, 1.807) is 0 Å². The number of halogens is 2. The summed E-state index contributed by atoms with van der Waals surface area (Å²) in [5.41, 5.74) is -0.00850. The smallest absolute Gasteiger partial charge is 0.337 e. The number of amides is 1. The van der Waals surface area contributed by atoms with Crippen LogP contribution < -0.4 is 5.32 Å². The standard InChI is InChI=1S/C15H10Cl2N2O5/c1-24-15(21)9-3-4-10(16)12(6-9)18-14(20)8-2-5-11(17)13(7-8)19(22)23/h2-7H,1H3,(H,18,20). The first kappa shape index (κ1) is 17.7. The zero-order chi connectivity index (χ0) is 17.9. The molecule has 0 aliphatic rings. The van der Waals surface area contributed by atoms with Gasteiger partial charge in [0.25, 0.3) is 11.6 Å². The summed E-state index contributed by atoms with van der Waals surface area (Å²) >= 11 is 11.7. The summed E-state index contributed by atoms with van der Waals surface area (Å²) in [4.78, 5) is 34.0. The van der Waals surface area contributed by atoms with Gasteiger partial charge in [0.1, 0.15) is 5.02 Å². The number of hydrogen-bond donors (Lipinski definition) is 1. The van der Waals surface area contributed by atoms with Crippen molar-refractivity contribution in [2.45, 2.75) is 0 Å². The van der Waals surface area contributed by atoms with Crippen LogP contribution >= 0.6 is 23.2 Å². The van der Waals surface area contributed by atoms with Crippen molar-refractivity contribution in [1.82, 2.24) is 0 Å². The maximum atomic E-state index is 12.3. The molecule has 0 saturated carbocycles. The molecule has 0 spiro atoms. The largest absolute Gasteiger partial charge is 0.465 e. The molecule has 0 fully saturated rings. The number of ether oxygens (including phenoxy) is 1. The minimum Gasteiger partial charge on any atom is -0.465 e. The Morgan fingerprint density at radius 3 is 2.33 bits per heavy atom. The van der Waals surface area contributed by atoms with Gasteiger partial charge >= 0.3 is 5.97 Å². The van der Waals surface area contributed by atoms with Gasteiger partial charge in [-0.25, -0.2) is 4.79 Å². The molecule has 1 N–H and O–H groups in total. The van der Waals surface area contributed by atoms with Crippen molar-refractivity contribution >= 4 is 46.5 Å². The van der Waals surface area contributed by atoms with E-state index in [0.29, 0.717) is 0 Å². The number of nitrogens with one attached hydrogen (secondary N) is 1. The number of carbonyl (C=O) groups excluding carboxylic acids is 2. The van der Waals surface area contributed by atoms with Crippen LogP contribution in [0.15, 0.2) is 36.4 Å². The molecule has 0 saturated heterocycles. The lowest BCUT2D eigenvalue weighted by molar-refractivity contribution is -0.384. The van der Waals surface area contributed by atoms with Crippen molar-refractivity contribution in [3.05, 3.63) is 67.7 Å². The fourth-order valence-electron chi connectivity index (χ4n) is 1.85. The fraction of sp³-hybridized carbons (Fsp3) is 0.0667. The van der Waals surface area contributed by atoms with Crippen molar-refractivity contribution < 1.29 is 19.2 Å². The summed E-state index contributed by atoms with van der Waals surface area (Å²) in [6, 6.07) is 7.85. The molecule has 24 heavy (non-hydrogen) atoms. The van der Waals surface area contributed by atoms with E-state index in [-0.39, 0.29) is 26.9 Å². The molecule has 2 rings (SSSR count). The quantitative estimate of drug-likeness (QED) is 0.500. The molecule has 2 aromatic carbocycles. The summed E-state index contributed by atoms with van der Waals surface area (Å²) in [5.74, 6) is -1.23. The Balaban J connectivity index is 2.31. The van der Waals surface area contributed by atoms with Crippen LogP contribution in [0, 0.1) is 10.1 Å². The Hall–Kier alpha value is -2.64. The van der Waals surface area contributed by atoms with E-state index in [1.165, 1.54) is 37.4 Å². The molecule has 2 aromatic rings. The second-order valence-corrected chi connectivity index (χ2v) is 5.38. The first-order valence-corrected chi connectivity index (χ1v) is 7.22. The number of benzene rings is 2. The average Bonchev–Trinajstić information content (AvgIpc) is 2.56. The van der Waals surface area contributed by atoms with Crippen molar-refractivity contribution in [3.8, 4) is 0 Å². The summed E-state index contributed by atoms with van der Waals surface area (Å²) < 4.78 is 4.59. The zero-order valence-corrected chi connectivity index (χ0v) is 13.7. The van der Waals surface area contributed by atoms with Gasteiger partial charge in [-0.05, 0) is 30.3 Å². The third-order valence-corrected chi connectivity index (χ3v) is 3.69. The molecule has 0 atom stereocenters. The van der Waals surface area contributed by atoms with Crippen LogP contribution in [0.25, 0.3) is 0 Å². The highest BCUT2D eigenvalue weighted by Crippen LogP contribution is 2.27.